The normalized spacial score (nSPS) is 15.6. The molecule has 1 amide bonds. The fraction of sp³-hybridized carbons (Fsp3) is 0.524. The lowest BCUT2D eigenvalue weighted by Gasteiger charge is -2.24. The third-order valence-corrected chi connectivity index (χ3v) is 7.95. The van der Waals surface area contributed by atoms with Gasteiger partial charge in [-0.3, -0.25) is 4.79 Å². The summed E-state index contributed by atoms with van der Waals surface area (Å²) in [6.07, 6.45) is 2.51. The van der Waals surface area contributed by atoms with Crippen LogP contribution in [0.2, 0.25) is 0 Å². The molecule has 0 unspecified atom stereocenters. The highest BCUT2D eigenvalue weighted by Crippen LogP contribution is 2.29. The van der Waals surface area contributed by atoms with E-state index < -0.39 is 15.9 Å². The number of nitrogens with one attached hydrogen (secondary N) is 2. The van der Waals surface area contributed by atoms with E-state index in [0.29, 0.717) is 48.8 Å². The van der Waals surface area contributed by atoms with E-state index in [-0.39, 0.29) is 17.5 Å². The lowest BCUT2D eigenvalue weighted by Crippen LogP contribution is -2.37. The number of carbonyl (C=O) groups is 1. The molecular weight excluding hydrogens is 512 g/mol. The molecule has 0 bridgehead atoms. The lowest BCUT2D eigenvalue weighted by molar-refractivity contribution is 0.102. The summed E-state index contributed by atoms with van der Waals surface area (Å²) in [4.78, 5) is 18.4. The van der Waals surface area contributed by atoms with Gasteiger partial charge in [0.25, 0.3) is 11.9 Å². The summed E-state index contributed by atoms with van der Waals surface area (Å²) in [6, 6.07) is 5.91. The van der Waals surface area contributed by atoms with E-state index in [1.807, 2.05) is 32.0 Å². The first kappa shape index (κ1) is 25.5. The number of nitrogens with two attached hydrogens (primary N) is 1. The molecule has 1 aliphatic rings. The summed E-state index contributed by atoms with van der Waals surface area (Å²) in [7, 11) is -3.29. The van der Waals surface area contributed by atoms with Gasteiger partial charge in [-0.25, -0.2) is 12.7 Å². The van der Waals surface area contributed by atoms with Crippen LogP contribution in [0.5, 0.6) is 0 Å². The van der Waals surface area contributed by atoms with E-state index in [4.69, 9.17) is 10.2 Å². The van der Waals surface area contributed by atoms with Crippen LogP contribution in [0, 0.1) is 0 Å². The number of anilines is 3. The number of rotatable bonds is 9. The minimum Gasteiger partial charge on any atom is -0.431 e. The number of nitrogen functional groups attached to an aromatic ring is 1. The van der Waals surface area contributed by atoms with Crippen LogP contribution in [-0.2, 0) is 10.0 Å². The van der Waals surface area contributed by atoms with Crippen molar-refractivity contribution in [1.29, 1.82) is 0 Å². The van der Waals surface area contributed by atoms with Crippen LogP contribution in [0.3, 0.4) is 0 Å². The number of hydrogen-bond acceptors (Lipinski definition) is 8. The average Bonchev–Trinajstić information content (AvgIpc) is 3.04. The van der Waals surface area contributed by atoms with E-state index >= 15 is 0 Å². The Bertz CT molecular complexity index is 1060. The van der Waals surface area contributed by atoms with Gasteiger partial charge in [-0.15, -0.1) is 0 Å². The van der Waals surface area contributed by atoms with Crippen molar-refractivity contribution in [3.05, 3.63) is 34.6 Å². The van der Waals surface area contributed by atoms with Crippen molar-refractivity contribution in [3.63, 3.8) is 0 Å². The van der Waals surface area contributed by atoms with E-state index in [2.05, 4.69) is 36.4 Å². The van der Waals surface area contributed by atoms with Gasteiger partial charge < -0.3 is 25.7 Å². The molecule has 1 fully saturated rings. The van der Waals surface area contributed by atoms with Crippen molar-refractivity contribution in [3.8, 4) is 0 Å². The van der Waals surface area contributed by atoms with Crippen molar-refractivity contribution in [2.24, 2.45) is 0 Å². The zero-order chi connectivity index (χ0) is 24.0. The van der Waals surface area contributed by atoms with Crippen LogP contribution >= 0.6 is 15.9 Å². The second-order valence-corrected chi connectivity index (χ2v) is 11.2. The highest BCUT2D eigenvalue weighted by molar-refractivity contribution is 9.10. The highest BCUT2D eigenvalue weighted by Gasteiger charge is 2.25. The molecule has 0 radical (unpaired) electrons. The number of oxazole rings is 1. The molecule has 182 valence electrons. The van der Waals surface area contributed by atoms with Gasteiger partial charge in [-0.2, -0.15) is 4.98 Å². The molecule has 4 N–H and O–H groups in total. The van der Waals surface area contributed by atoms with Gasteiger partial charge in [0.05, 0.1) is 11.4 Å². The molecule has 2 aromatic rings. The number of carbonyl (C=O) groups excluding carboxylic acids is 1. The Morgan fingerprint density at radius 1 is 1.27 bits per heavy atom. The maximum Gasteiger partial charge on any atom is 0.292 e. The highest BCUT2D eigenvalue weighted by atomic mass is 79.9. The van der Waals surface area contributed by atoms with Crippen LogP contribution in [0.15, 0.2) is 33.4 Å². The average molecular weight is 543 g/mol. The van der Waals surface area contributed by atoms with Gasteiger partial charge in [0.1, 0.15) is 6.26 Å². The molecule has 3 rings (SSSR count). The fourth-order valence-electron chi connectivity index (χ4n) is 3.59. The number of nitrogens with zero attached hydrogens (tertiary/aromatic N) is 3. The van der Waals surface area contributed by atoms with E-state index in [9.17, 15) is 13.2 Å². The fourth-order valence-corrected chi connectivity index (χ4v) is 5.47. The first-order chi connectivity index (χ1) is 15.7. The van der Waals surface area contributed by atoms with E-state index in [1.54, 1.807) is 4.31 Å². The molecule has 10 nitrogen and oxygen atoms in total. The predicted octanol–water partition coefficient (Wildman–Crippen LogP) is 2.50. The maximum absolute atomic E-state index is 12.8. The number of halogens is 1. The Labute approximate surface area is 203 Å². The molecular formula is C21H31BrN6O4S. The Kier molecular flexibility index (Phi) is 8.74. The summed E-state index contributed by atoms with van der Waals surface area (Å²) in [5, 5.41) is 6.06. The molecule has 1 aliphatic heterocycles. The second-order valence-electron chi connectivity index (χ2n) is 8.21. The molecule has 12 heteroatoms. The zero-order valence-corrected chi connectivity index (χ0v) is 21.3. The molecule has 0 aliphatic carbocycles. The number of aromatic nitrogens is 1. The number of hydrogen-bond donors (Lipinski definition) is 3. The largest absolute Gasteiger partial charge is 0.431 e. The molecule has 1 aromatic heterocycles. The zero-order valence-electron chi connectivity index (χ0n) is 18.9. The van der Waals surface area contributed by atoms with Crippen LogP contribution in [-0.4, -0.2) is 68.1 Å². The summed E-state index contributed by atoms with van der Waals surface area (Å²) < 4.78 is 32.8. The third kappa shape index (κ3) is 7.16. The second kappa shape index (κ2) is 11.3. The summed E-state index contributed by atoms with van der Waals surface area (Å²) in [5.74, 6) is -0.290. The predicted molar refractivity (Wildman–Crippen MR) is 133 cm³/mol. The maximum atomic E-state index is 12.8. The SMILES string of the molecule is CC(C)NCCCS(=O)(=O)N1CCCN(c2ccc(Br)c(NC(=O)c3coc(N)n3)c2)CC1. The number of amides is 1. The minimum atomic E-state index is -3.29. The molecule has 33 heavy (non-hydrogen) atoms. The van der Waals surface area contributed by atoms with Gasteiger partial charge in [0.2, 0.25) is 10.0 Å². The monoisotopic (exact) mass is 542 g/mol. The van der Waals surface area contributed by atoms with Crippen molar-refractivity contribution in [2.45, 2.75) is 32.7 Å². The van der Waals surface area contributed by atoms with Crippen LogP contribution in [0.25, 0.3) is 0 Å². The van der Waals surface area contributed by atoms with Crippen molar-refractivity contribution < 1.29 is 17.6 Å². The molecule has 1 saturated heterocycles. The molecule has 1 aromatic carbocycles. The quantitative estimate of drug-likeness (QED) is 0.411. The van der Waals surface area contributed by atoms with Crippen molar-refractivity contribution in [1.82, 2.24) is 14.6 Å². The third-order valence-electron chi connectivity index (χ3n) is 5.30. The molecule has 0 spiro atoms. The van der Waals surface area contributed by atoms with Gasteiger partial charge in [-0.1, -0.05) is 13.8 Å². The Balaban J connectivity index is 1.62. The van der Waals surface area contributed by atoms with Crippen LogP contribution in [0.4, 0.5) is 17.4 Å². The van der Waals surface area contributed by atoms with E-state index in [0.717, 1.165) is 18.7 Å². The Hall–Kier alpha value is -2.15. The lowest BCUT2D eigenvalue weighted by atomic mass is 10.2. The van der Waals surface area contributed by atoms with Gasteiger partial charge in [-0.05, 0) is 53.5 Å². The molecule has 0 saturated carbocycles. The van der Waals surface area contributed by atoms with Gasteiger partial charge in [0.15, 0.2) is 5.69 Å². The number of benzene rings is 1. The van der Waals surface area contributed by atoms with Gasteiger partial charge in [0, 0.05) is 42.4 Å². The molecule has 0 atom stereocenters. The van der Waals surface area contributed by atoms with Crippen LogP contribution < -0.4 is 21.3 Å². The minimum absolute atomic E-state index is 0.0757. The van der Waals surface area contributed by atoms with Gasteiger partial charge >= 0.3 is 0 Å². The smallest absolute Gasteiger partial charge is 0.292 e. The Morgan fingerprint density at radius 2 is 2.06 bits per heavy atom. The van der Waals surface area contributed by atoms with Crippen molar-refractivity contribution >= 4 is 49.2 Å². The summed E-state index contributed by atoms with van der Waals surface area (Å²) in [6.45, 7) is 6.99. The molecule has 2 heterocycles. The summed E-state index contributed by atoms with van der Waals surface area (Å²) >= 11 is 3.46. The first-order valence-electron chi connectivity index (χ1n) is 10.9. The summed E-state index contributed by atoms with van der Waals surface area (Å²) in [5.41, 5.74) is 7.00. The Morgan fingerprint density at radius 3 is 2.76 bits per heavy atom. The van der Waals surface area contributed by atoms with E-state index in [1.165, 1.54) is 6.26 Å². The van der Waals surface area contributed by atoms with Crippen LogP contribution in [0.1, 0.15) is 37.2 Å². The first-order valence-corrected chi connectivity index (χ1v) is 13.3. The number of sulfonamides is 1. The topological polar surface area (TPSA) is 134 Å². The van der Waals surface area contributed by atoms with Crippen molar-refractivity contribution in [2.75, 3.05) is 54.4 Å². The standard InChI is InChI=1S/C21H31BrN6O4S/c1-15(2)24-7-3-12-33(30,31)28-9-4-8-27(10-11-28)16-5-6-17(22)18(13-16)25-20(29)19-14-32-21(23)26-19/h5-6,13-15,24H,3-4,7-12H2,1-2H3,(H2,23,26)(H,25,29).